The summed E-state index contributed by atoms with van der Waals surface area (Å²) >= 11 is 3.31. The van der Waals surface area contributed by atoms with Crippen LogP contribution in [-0.2, 0) is 5.41 Å². The first kappa shape index (κ1) is 14.0. The Morgan fingerprint density at radius 1 is 1.10 bits per heavy atom. The predicted molar refractivity (Wildman–Crippen MR) is 84.8 cm³/mol. The Kier molecular flexibility index (Phi) is 2.70. The van der Waals surface area contributed by atoms with Crippen LogP contribution in [-0.4, -0.2) is 5.11 Å². The van der Waals surface area contributed by atoms with E-state index in [4.69, 9.17) is 0 Å². The van der Waals surface area contributed by atoms with Crippen molar-refractivity contribution in [3.05, 3.63) is 28.0 Å². The third kappa shape index (κ3) is 1.99. The first-order valence-corrected chi connectivity index (χ1v) is 8.71. The molecule has 4 bridgehead atoms. The zero-order valence-electron chi connectivity index (χ0n) is 12.7. The maximum atomic E-state index is 13.9. The minimum Gasteiger partial charge on any atom is -0.506 e. The van der Waals surface area contributed by atoms with E-state index < -0.39 is 0 Å². The molecule has 0 radical (unpaired) electrons. The largest absolute Gasteiger partial charge is 0.506 e. The molecule has 1 nitrogen and oxygen atoms in total. The van der Waals surface area contributed by atoms with Crippen LogP contribution in [0.15, 0.2) is 16.6 Å². The van der Waals surface area contributed by atoms with Gasteiger partial charge in [-0.15, -0.1) is 0 Å². The predicted octanol–water partition coefficient (Wildman–Crippen LogP) is 5.54. The van der Waals surface area contributed by atoms with Crippen LogP contribution < -0.4 is 0 Å². The lowest BCUT2D eigenvalue weighted by atomic mass is 9.39. The van der Waals surface area contributed by atoms with Crippen LogP contribution in [0.4, 0.5) is 4.39 Å². The highest BCUT2D eigenvalue weighted by molar-refractivity contribution is 9.10. The van der Waals surface area contributed by atoms with Crippen molar-refractivity contribution >= 4 is 15.9 Å². The van der Waals surface area contributed by atoms with Crippen molar-refractivity contribution in [3.8, 4) is 5.75 Å². The molecule has 0 aliphatic heterocycles. The highest BCUT2D eigenvalue weighted by Gasteiger charge is 2.61. The molecule has 0 heterocycles. The van der Waals surface area contributed by atoms with Gasteiger partial charge < -0.3 is 5.11 Å². The SMILES string of the molecule is CC12CC3CC(C)(C1)CC(c1cc(F)cc(Br)c1O)(C3)C2. The van der Waals surface area contributed by atoms with Gasteiger partial charge >= 0.3 is 0 Å². The van der Waals surface area contributed by atoms with Gasteiger partial charge in [0.25, 0.3) is 0 Å². The average Bonchev–Trinajstić information content (AvgIpc) is 2.28. The summed E-state index contributed by atoms with van der Waals surface area (Å²) in [6.45, 7) is 4.80. The van der Waals surface area contributed by atoms with Gasteiger partial charge in [0, 0.05) is 11.0 Å². The molecule has 5 rings (SSSR count). The van der Waals surface area contributed by atoms with Crippen LogP contribution in [0, 0.1) is 22.6 Å². The van der Waals surface area contributed by atoms with Crippen molar-refractivity contribution in [1.82, 2.24) is 0 Å². The minimum atomic E-state index is -0.249. The topological polar surface area (TPSA) is 20.2 Å². The van der Waals surface area contributed by atoms with E-state index in [0.29, 0.717) is 15.3 Å². The van der Waals surface area contributed by atoms with Crippen LogP contribution in [0.25, 0.3) is 0 Å². The molecule has 0 aromatic heterocycles. The number of aromatic hydroxyl groups is 1. The Morgan fingerprint density at radius 3 is 2.29 bits per heavy atom. The fourth-order valence-electron chi connectivity index (χ4n) is 6.72. The molecule has 4 aliphatic carbocycles. The zero-order valence-corrected chi connectivity index (χ0v) is 14.3. The molecule has 114 valence electrons. The summed E-state index contributed by atoms with van der Waals surface area (Å²) in [4.78, 5) is 0. The van der Waals surface area contributed by atoms with Crippen molar-refractivity contribution in [3.63, 3.8) is 0 Å². The number of benzene rings is 1. The number of hydrogen-bond donors (Lipinski definition) is 1. The highest BCUT2D eigenvalue weighted by atomic mass is 79.9. The quantitative estimate of drug-likeness (QED) is 0.703. The van der Waals surface area contributed by atoms with E-state index in [-0.39, 0.29) is 17.0 Å². The number of phenolic OH excluding ortho intramolecular Hbond substituents is 1. The molecular weight excluding hydrogens is 331 g/mol. The van der Waals surface area contributed by atoms with E-state index in [2.05, 4.69) is 29.8 Å². The minimum absolute atomic E-state index is 0.0301. The number of hydrogen-bond acceptors (Lipinski definition) is 1. The van der Waals surface area contributed by atoms with E-state index in [1.807, 2.05) is 0 Å². The first-order valence-electron chi connectivity index (χ1n) is 7.91. The Bertz CT molecular complexity index is 608. The molecule has 1 aromatic carbocycles. The molecule has 0 saturated heterocycles. The molecule has 0 amide bonds. The summed E-state index contributed by atoms with van der Waals surface area (Å²) < 4.78 is 14.4. The molecule has 1 aromatic rings. The van der Waals surface area contributed by atoms with Crippen molar-refractivity contribution in [2.75, 3.05) is 0 Å². The standard InChI is InChI=1S/C18H22BrFO/c1-16-5-11-6-17(2,8-16)10-18(7-11,9-16)13-3-12(20)4-14(19)15(13)21/h3-4,11,21H,5-10H2,1-2H3. The van der Waals surface area contributed by atoms with Crippen LogP contribution in [0.5, 0.6) is 5.75 Å². The monoisotopic (exact) mass is 352 g/mol. The highest BCUT2D eigenvalue weighted by Crippen LogP contribution is 2.70. The summed E-state index contributed by atoms with van der Waals surface area (Å²) in [7, 11) is 0. The Balaban J connectivity index is 1.88. The fraction of sp³-hybridized carbons (Fsp3) is 0.667. The molecule has 3 heteroatoms. The van der Waals surface area contributed by atoms with E-state index in [1.165, 1.54) is 25.3 Å². The van der Waals surface area contributed by atoms with Gasteiger partial charge in [0.05, 0.1) is 4.47 Å². The second-order valence-corrected chi connectivity index (χ2v) is 9.55. The smallest absolute Gasteiger partial charge is 0.133 e. The Hall–Kier alpha value is -0.570. The van der Waals surface area contributed by atoms with Crippen molar-refractivity contribution in [2.24, 2.45) is 16.7 Å². The number of halogens is 2. The van der Waals surface area contributed by atoms with Crippen molar-refractivity contribution in [1.29, 1.82) is 0 Å². The third-order valence-corrected chi connectivity index (χ3v) is 6.83. The lowest BCUT2D eigenvalue weighted by Crippen LogP contribution is -2.56. The van der Waals surface area contributed by atoms with Crippen molar-refractivity contribution < 1.29 is 9.50 Å². The summed E-state index contributed by atoms with van der Waals surface area (Å²) in [5, 5.41) is 10.5. The second-order valence-electron chi connectivity index (χ2n) is 8.69. The van der Waals surface area contributed by atoms with Crippen molar-refractivity contribution in [2.45, 2.75) is 57.8 Å². The molecular formula is C18H22BrFO. The van der Waals surface area contributed by atoms with Gasteiger partial charge in [-0.05, 0) is 83.3 Å². The maximum Gasteiger partial charge on any atom is 0.133 e. The van der Waals surface area contributed by atoms with Crippen LogP contribution >= 0.6 is 15.9 Å². The summed E-state index contributed by atoms with van der Waals surface area (Å²) in [5.74, 6) is 0.740. The lowest BCUT2D eigenvalue weighted by molar-refractivity contribution is -0.110. The maximum absolute atomic E-state index is 13.9. The van der Waals surface area contributed by atoms with Gasteiger partial charge in [-0.2, -0.15) is 0 Å². The normalized spacial score (nSPS) is 44.3. The molecule has 2 unspecified atom stereocenters. The van der Waals surface area contributed by atoms with Gasteiger partial charge in [-0.3, -0.25) is 0 Å². The van der Waals surface area contributed by atoms with E-state index in [1.54, 1.807) is 6.07 Å². The summed E-state index contributed by atoms with van der Waals surface area (Å²) in [6, 6.07) is 2.95. The van der Waals surface area contributed by atoms with E-state index in [0.717, 1.165) is 30.7 Å². The Morgan fingerprint density at radius 2 is 1.71 bits per heavy atom. The second kappa shape index (κ2) is 4.04. The molecule has 4 fully saturated rings. The van der Waals surface area contributed by atoms with Gasteiger partial charge in [-0.1, -0.05) is 13.8 Å². The van der Waals surface area contributed by atoms with E-state index in [9.17, 15) is 9.50 Å². The average molecular weight is 353 g/mol. The van der Waals surface area contributed by atoms with Gasteiger partial charge in [-0.25, -0.2) is 4.39 Å². The van der Waals surface area contributed by atoms with E-state index >= 15 is 0 Å². The number of rotatable bonds is 1. The lowest BCUT2D eigenvalue weighted by Gasteiger charge is -2.65. The molecule has 4 aliphatic rings. The van der Waals surface area contributed by atoms with Gasteiger partial charge in [0.15, 0.2) is 0 Å². The summed E-state index contributed by atoms with van der Waals surface area (Å²) in [6.07, 6.45) is 7.20. The molecule has 1 N–H and O–H groups in total. The van der Waals surface area contributed by atoms with Gasteiger partial charge in [0.2, 0.25) is 0 Å². The molecule has 0 spiro atoms. The summed E-state index contributed by atoms with van der Waals surface area (Å²) in [5.41, 5.74) is 1.53. The molecule has 4 saturated carbocycles. The third-order valence-electron chi connectivity index (χ3n) is 6.23. The van der Waals surface area contributed by atoms with Crippen LogP contribution in [0.3, 0.4) is 0 Å². The van der Waals surface area contributed by atoms with Crippen LogP contribution in [0.2, 0.25) is 0 Å². The first-order chi connectivity index (χ1) is 9.73. The van der Waals surface area contributed by atoms with Gasteiger partial charge in [0.1, 0.15) is 11.6 Å². The zero-order chi connectivity index (χ0) is 15.0. The fourth-order valence-corrected chi connectivity index (χ4v) is 7.15. The molecule has 2 atom stereocenters. The number of phenols is 1. The van der Waals surface area contributed by atoms with Crippen LogP contribution in [0.1, 0.15) is 57.9 Å². The Labute approximate surface area is 134 Å². The molecule has 21 heavy (non-hydrogen) atoms.